The van der Waals surface area contributed by atoms with E-state index in [2.05, 4.69) is 50.1 Å². The lowest BCUT2D eigenvalue weighted by Crippen LogP contribution is -2.33. The Morgan fingerprint density at radius 2 is 2.19 bits per heavy atom. The van der Waals surface area contributed by atoms with Crippen molar-refractivity contribution in [3.63, 3.8) is 0 Å². The molecule has 9 heteroatoms. The third kappa shape index (κ3) is 4.54. The highest BCUT2D eigenvalue weighted by Crippen LogP contribution is 2.39. The van der Waals surface area contributed by atoms with Gasteiger partial charge in [0.05, 0.1) is 0 Å². The first kappa shape index (κ1) is 17.0. The molecule has 0 amide bonds. The van der Waals surface area contributed by atoms with Crippen molar-refractivity contribution in [3.05, 3.63) is 9.48 Å². The fourth-order valence-electron chi connectivity index (χ4n) is 2.31. The first-order valence-electron chi connectivity index (χ1n) is 6.63. The molecular formula is C12H18BrF3N4S. The summed E-state index contributed by atoms with van der Waals surface area (Å²) < 4.78 is 37.9. The summed E-state index contributed by atoms with van der Waals surface area (Å²) in [7, 11) is 4.14. The predicted molar refractivity (Wildman–Crippen MR) is 81.8 cm³/mol. The average molecular weight is 387 g/mol. The van der Waals surface area contributed by atoms with Crippen LogP contribution in [-0.2, 0) is 6.18 Å². The number of anilines is 1. The standard InChI is InChI=1S/C12H18BrF3N4S/c1-19(2)8-3-5-20(7-8)6-4-17-11-18-9(10(13)21-11)12(14,15)16/h8H,3-7H2,1-2H3,(H,17,18)/t8-/m0/s1. The number of hydrogen-bond donors (Lipinski definition) is 1. The van der Waals surface area contributed by atoms with Crippen molar-refractivity contribution >= 4 is 32.4 Å². The highest BCUT2D eigenvalue weighted by molar-refractivity contribution is 9.11. The molecule has 2 heterocycles. The van der Waals surface area contributed by atoms with Gasteiger partial charge in [0.1, 0.15) is 3.79 Å². The van der Waals surface area contributed by atoms with Crippen LogP contribution in [0.4, 0.5) is 18.3 Å². The van der Waals surface area contributed by atoms with Crippen molar-refractivity contribution in [2.45, 2.75) is 18.6 Å². The van der Waals surface area contributed by atoms with Crippen LogP contribution in [0.25, 0.3) is 0 Å². The monoisotopic (exact) mass is 386 g/mol. The summed E-state index contributed by atoms with van der Waals surface area (Å²) >= 11 is 3.89. The van der Waals surface area contributed by atoms with Gasteiger partial charge in [0.15, 0.2) is 10.8 Å². The Balaban J connectivity index is 1.80. The van der Waals surface area contributed by atoms with Crippen molar-refractivity contribution in [1.29, 1.82) is 0 Å². The topological polar surface area (TPSA) is 31.4 Å². The molecule has 0 saturated carbocycles. The molecule has 1 atom stereocenters. The Morgan fingerprint density at radius 3 is 2.71 bits per heavy atom. The zero-order chi connectivity index (χ0) is 15.6. The van der Waals surface area contributed by atoms with Crippen LogP contribution < -0.4 is 5.32 Å². The Kier molecular flexibility index (Phi) is 5.50. The van der Waals surface area contributed by atoms with E-state index in [0.717, 1.165) is 37.4 Å². The molecule has 120 valence electrons. The number of nitrogens with one attached hydrogen (secondary N) is 1. The molecule has 1 aromatic rings. The zero-order valence-corrected chi connectivity index (χ0v) is 14.3. The molecule has 2 rings (SSSR count). The van der Waals surface area contributed by atoms with Crippen LogP contribution in [0.2, 0.25) is 0 Å². The van der Waals surface area contributed by atoms with E-state index in [-0.39, 0.29) is 3.79 Å². The van der Waals surface area contributed by atoms with E-state index >= 15 is 0 Å². The maximum atomic E-state index is 12.6. The van der Waals surface area contributed by atoms with Gasteiger partial charge >= 0.3 is 6.18 Å². The Morgan fingerprint density at radius 1 is 1.48 bits per heavy atom. The number of alkyl halides is 3. The Labute approximate surface area is 134 Å². The van der Waals surface area contributed by atoms with E-state index in [0.29, 0.717) is 17.7 Å². The van der Waals surface area contributed by atoms with Crippen molar-refractivity contribution < 1.29 is 13.2 Å². The number of rotatable bonds is 5. The first-order valence-corrected chi connectivity index (χ1v) is 8.24. The normalized spacial score (nSPS) is 20.4. The molecule has 1 aliphatic rings. The van der Waals surface area contributed by atoms with Crippen LogP contribution in [-0.4, -0.2) is 61.1 Å². The molecule has 1 aromatic heterocycles. The smallest absolute Gasteiger partial charge is 0.360 e. The molecule has 1 saturated heterocycles. The number of likely N-dealkylation sites (N-methyl/N-ethyl adjacent to an activating group) is 1. The molecule has 0 bridgehead atoms. The molecule has 1 fully saturated rings. The summed E-state index contributed by atoms with van der Waals surface area (Å²) in [6.07, 6.45) is -3.28. The third-order valence-corrected chi connectivity index (χ3v) is 5.20. The maximum Gasteiger partial charge on any atom is 0.435 e. The predicted octanol–water partition coefficient (Wildman–Crippen LogP) is 2.97. The zero-order valence-electron chi connectivity index (χ0n) is 11.9. The average Bonchev–Trinajstić information content (AvgIpc) is 2.95. The minimum atomic E-state index is -4.41. The van der Waals surface area contributed by atoms with Gasteiger partial charge in [-0.1, -0.05) is 11.3 Å². The van der Waals surface area contributed by atoms with Crippen LogP contribution in [0.1, 0.15) is 12.1 Å². The Hall–Kier alpha value is -0.380. The summed E-state index contributed by atoms with van der Waals surface area (Å²) in [5.41, 5.74) is -0.858. The largest absolute Gasteiger partial charge is 0.435 e. The molecule has 0 radical (unpaired) electrons. The van der Waals surface area contributed by atoms with E-state index < -0.39 is 11.9 Å². The number of hydrogen-bond acceptors (Lipinski definition) is 5. The molecular weight excluding hydrogens is 369 g/mol. The number of thiazole rings is 1. The summed E-state index contributed by atoms with van der Waals surface area (Å²) in [6.45, 7) is 3.43. The number of nitrogens with zero attached hydrogens (tertiary/aromatic N) is 3. The van der Waals surface area contributed by atoms with Gasteiger partial charge in [0.25, 0.3) is 0 Å². The van der Waals surface area contributed by atoms with Crippen molar-refractivity contribution in [3.8, 4) is 0 Å². The van der Waals surface area contributed by atoms with Crippen molar-refractivity contribution in [1.82, 2.24) is 14.8 Å². The quantitative estimate of drug-likeness (QED) is 0.842. The first-order chi connectivity index (χ1) is 9.77. The lowest BCUT2D eigenvalue weighted by molar-refractivity contribution is -0.141. The van der Waals surface area contributed by atoms with E-state index in [1.165, 1.54) is 0 Å². The molecule has 4 nitrogen and oxygen atoms in total. The lowest BCUT2D eigenvalue weighted by Gasteiger charge is -2.20. The molecule has 0 spiro atoms. The van der Waals surface area contributed by atoms with Crippen LogP contribution in [0.5, 0.6) is 0 Å². The van der Waals surface area contributed by atoms with Gasteiger partial charge in [-0.05, 0) is 43.0 Å². The summed E-state index contributed by atoms with van der Waals surface area (Å²) in [5.74, 6) is 0. The van der Waals surface area contributed by atoms with Gasteiger partial charge in [-0.3, -0.25) is 4.90 Å². The van der Waals surface area contributed by atoms with Crippen molar-refractivity contribution in [2.24, 2.45) is 0 Å². The van der Waals surface area contributed by atoms with Gasteiger partial charge in [-0.25, -0.2) is 4.98 Å². The van der Waals surface area contributed by atoms with E-state index in [4.69, 9.17) is 0 Å². The number of halogens is 4. The number of likely N-dealkylation sites (tertiary alicyclic amines) is 1. The molecule has 1 N–H and O–H groups in total. The van der Waals surface area contributed by atoms with E-state index in [9.17, 15) is 13.2 Å². The highest BCUT2D eigenvalue weighted by atomic mass is 79.9. The summed E-state index contributed by atoms with van der Waals surface area (Å²) in [5, 5.41) is 3.27. The van der Waals surface area contributed by atoms with Gasteiger partial charge in [0, 0.05) is 25.7 Å². The van der Waals surface area contributed by atoms with Gasteiger partial charge in [0.2, 0.25) is 0 Å². The summed E-state index contributed by atoms with van der Waals surface area (Å²) in [4.78, 5) is 8.12. The van der Waals surface area contributed by atoms with Crippen LogP contribution in [0, 0.1) is 0 Å². The molecule has 0 unspecified atom stereocenters. The molecule has 21 heavy (non-hydrogen) atoms. The lowest BCUT2D eigenvalue weighted by atomic mass is 10.2. The number of aromatic nitrogens is 1. The van der Waals surface area contributed by atoms with E-state index in [1.807, 2.05) is 0 Å². The maximum absolute atomic E-state index is 12.6. The second-order valence-corrected chi connectivity index (χ2v) is 7.59. The van der Waals surface area contributed by atoms with Crippen molar-refractivity contribution in [2.75, 3.05) is 45.6 Å². The SMILES string of the molecule is CN(C)[C@H]1CCN(CCNc2nc(C(F)(F)F)c(Br)s2)C1. The van der Waals surface area contributed by atoms with Crippen LogP contribution in [0.15, 0.2) is 3.79 Å². The highest BCUT2D eigenvalue weighted by Gasteiger charge is 2.37. The van der Waals surface area contributed by atoms with E-state index in [1.54, 1.807) is 0 Å². The van der Waals surface area contributed by atoms with Gasteiger partial charge < -0.3 is 10.2 Å². The second kappa shape index (κ2) is 6.80. The molecule has 1 aliphatic heterocycles. The fourth-order valence-corrected chi connectivity index (χ4v) is 3.82. The van der Waals surface area contributed by atoms with Gasteiger partial charge in [-0.15, -0.1) is 0 Å². The minimum absolute atomic E-state index is 0.0198. The third-order valence-electron chi connectivity index (χ3n) is 3.54. The van der Waals surface area contributed by atoms with Crippen LogP contribution in [0.3, 0.4) is 0 Å². The minimum Gasteiger partial charge on any atom is -0.360 e. The second-order valence-electron chi connectivity index (χ2n) is 5.27. The summed E-state index contributed by atoms with van der Waals surface area (Å²) in [6, 6.07) is 0.566. The fraction of sp³-hybridized carbons (Fsp3) is 0.750. The van der Waals surface area contributed by atoms with Gasteiger partial charge in [-0.2, -0.15) is 13.2 Å². The van der Waals surface area contributed by atoms with Crippen LogP contribution >= 0.6 is 27.3 Å². The Bertz CT molecular complexity index is 478. The molecule has 0 aliphatic carbocycles. The molecule has 0 aromatic carbocycles.